The highest BCUT2D eigenvalue weighted by molar-refractivity contribution is 5.50. The van der Waals surface area contributed by atoms with Crippen molar-refractivity contribution >= 4 is 6.29 Å². The Labute approximate surface area is 73.5 Å². The van der Waals surface area contributed by atoms with E-state index >= 15 is 0 Å². The van der Waals surface area contributed by atoms with Crippen LogP contribution in [0, 0.1) is 17.3 Å². The summed E-state index contributed by atoms with van der Waals surface area (Å²) in [5, 5.41) is 0. The highest BCUT2D eigenvalue weighted by Crippen LogP contribution is 2.59. The molecule has 2 aliphatic carbocycles. The number of carbonyl (C=O) groups is 1. The maximum atomic E-state index is 10.5. The van der Waals surface area contributed by atoms with Gasteiger partial charge in [0.2, 0.25) is 0 Å². The van der Waals surface area contributed by atoms with E-state index in [9.17, 15) is 4.79 Å². The summed E-state index contributed by atoms with van der Waals surface area (Å²) in [6.45, 7) is 0.794. The summed E-state index contributed by atoms with van der Waals surface area (Å²) in [7, 11) is 0. The number of hydrogen-bond donors (Lipinski definition) is 1. The molecule has 2 rings (SSSR count). The van der Waals surface area contributed by atoms with Gasteiger partial charge in [-0.15, -0.1) is 0 Å². The predicted molar refractivity (Wildman–Crippen MR) is 47.6 cm³/mol. The van der Waals surface area contributed by atoms with Gasteiger partial charge in [-0.3, -0.25) is 0 Å². The van der Waals surface area contributed by atoms with Crippen molar-refractivity contribution in [2.75, 3.05) is 6.54 Å². The van der Waals surface area contributed by atoms with E-state index in [2.05, 4.69) is 0 Å². The minimum absolute atomic E-state index is 0.391. The Morgan fingerprint density at radius 1 is 1.50 bits per heavy atom. The molecule has 2 aliphatic rings. The maximum Gasteiger partial charge on any atom is 0.120 e. The highest BCUT2D eigenvalue weighted by atomic mass is 16.1. The topological polar surface area (TPSA) is 43.1 Å². The first-order valence-corrected chi connectivity index (χ1v) is 4.96. The van der Waals surface area contributed by atoms with Gasteiger partial charge in [0.25, 0.3) is 0 Å². The van der Waals surface area contributed by atoms with E-state index in [4.69, 9.17) is 5.73 Å². The zero-order chi connectivity index (χ0) is 8.60. The molecule has 12 heavy (non-hydrogen) atoms. The van der Waals surface area contributed by atoms with Gasteiger partial charge in [-0.1, -0.05) is 0 Å². The van der Waals surface area contributed by atoms with Crippen LogP contribution in [-0.2, 0) is 4.79 Å². The third-order valence-electron chi connectivity index (χ3n) is 3.63. The van der Waals surface area contributed by atoms with E-state index < -0.39 is 0 Å². The van der Waals surface area contributed by atoms with Gasteiger partial charge in [0, 0.05) is 6.42 Å². The molecule has 0 aliphatic heterocycles. The molecule has 2 nitrogen and oxygen atoms in total. The standard InChI is InChI=1S/C10H17NO/c11-7-10(4-5-10)9(3-6-12)8-1-2-8/h6,8-9H,1-5,7,11H2/t9-/m1/s1. The van der Waals surface area contributed by atoms with Gasteiger partial charge in [-0.25, -0.2) is 0 Å². The Morgan fingerprint density at radius 2 is 2.17 bits per heavy atom. The Balaban J connectivity index is 1.99. The summed E-state index contributed by atoms with van der Waals surface area (Å²) in [6, 6.07) is 0. The van der Waals surface area contributed by atoms with Crippen molar-refractivity contribution in [3.8, 4) is 0 Å². The molecular weight excluding hydrogens is 150 g/mol. The number of nitrogens with two attached hydrogens (primary N) is 1. The largest absolute Gasteiger partial charge is 0.330 e. The summed E-state index contributed by atoms with van der Waals surface area (Å²) in [5.74, 6) is 1.46. The lowest BCUT2D eigenvalue weighted by Gasteiger charge is -2.23. The lowest BCUT2D eigenvalue weighted by Crippen LogP contribution is -2.27. The van der Waals surface area contributed by atoms with E-state index in [1.807, 2.05) is 0 Å². The monoisotopic (exact) mass is 167 g/mol. The van der Waals surface area contributed by atoms with Crippen molar-refractivity contribution in [2.45, 2.75) is 32.1 Å². The molecule has 0 amide bonds. The van der Waals surface area contributed by atoms with Crippen molar-refractivity contribution in [1.29, 1.82) is 0 Å². The zero-order valence-corrected chi connectivity index (χ0v) is 7.46. The number of aldehydes is 1. The van der Waals surface area contributed by atoms with Crippen LogP contribution < -0.4 is 5.73 Å². The van der Waals surface area contributed by atoms with Crippen LogP contribution in [0.3, 0.4) is 0 Å². The first-order valence-electron chi connectivity index (χ1n) is 4.96. The minimum Gasteiger partial charge on any atom is -0.330 e. The molecule has 2 N–H and O–H groups in total. The Bertz CT molecular complexity index is 182. The van der Waals surface area contributed by atoms with Gasteiger partial charge in [0.05, 0.1) is 0 Å². The van der Waals surface area contributed by atoms with Gasteiger partial charge < -0.3 is 10.5 Å². The van der Waals surface area contributed by atoms with Crippen LogP contribution in [0.25, 0.3) is 0 Å². The van der Waals surface area contributed by atoms with Gasteiger partial charge in [0.15, 0.2) is 0 Å². The van der Waals surface area contributed by atoms with Crippen LogP contribution >= 0.6 is 0 Å². The van der Waals surface area contributed by atoms with Crippen molar-refractivity contribution in [1.82, 2.24) is 0 Å². The average Bonchev–Trinajstić information content (AvgIpc) is 2.96. The van der Waals surface area contributed by atoms with Crippen LogP contribution in [-0.4, -0.2) is 12.8 Å². The van der Waals surface area contributed by atoms with Gasteiger partial charge in [-0.05, 0) is 49.5 Å². The fraction of sp³-hybridized carbons (Fsp3) is 0.900. The van der Waals surface area contributed by atoms with Crippen molar-refractivity contribution in [3.63, 3.8) is 0 Å². The Morgan fingerprint density at radius 3 is 2.50 bits per heavy atom. The third-order valence-corrected chi connectivity index (χ3v) is 3.63. The third kappa shape index (κ3) is 1.28. The number of rotatable bonds is 5. The number of hydrogen-bond acceptors (Lipinski definition) is 2. The molecule has 0 aromatic rings. The quantitative estimate of drug-likeness (QED) is 0.628. The maximum absolute atomic E-state index is 10.5. The van der Waals surface area contributed by atoms with E-state index in [1.54, 1.807) is 0 Å². The average molecular weight is 167 g/mol. The molecule has 2 saturated carbocycles. The van der Waals surface area contributed by atoms with Gasteiger partial charge in [-0.2, -0.15) is 0 Å². The summed E-state index contributed by atoms with van der Waals surface area (Å²) < 4.78 is 0. The van der Waals surface area contributed by atoms with Crippen LogP contribution in [0.1, 0.15) is 32.1 Å². The number of carbonyl (C=O) groups excluding carboxylic acids is 1. The molecule has 2 heteroatoms. The second kappa shape index (κ2) is 2.84. The Hall–Kier alpha value is -0.370. The van der Waals surface area contributed by atoms with Crippen LogP contribution in [0.5, 0.6) is 0 Å². The lowest BCUT2D eigenvalue weighted by atomic mass is 9.83. The van der Waals surface area contributed by atoms with E-state index in [0.717, 1.165) is 25.2 Å². The first-order chi connectivity index (χ1) is 5.82. The molecule has 0 saturated heterocycles. The molecule has 0 heterocycles. The Kier molecular flexibility index (Phi) is 1.95. The summed E-state index contributed by atoms with van der Waals surface area (Å²) >= 11 is 0. The summed E-state index contributed by atoms with van der Waals surface area (Å²) in [4.78, 5) is 10.5. The summed E-state index contributed by atoms with van der Waals surface area (Å²) in [6.07, 6.45) is 7.03. The first kappa shape index (κ1) is 8.24. The summed E-state index contributed by atoms with van der Waals surface area (Å²) in [5.41, 5.74) is 6.14. The second-order valence-electron chi connectivity index (χ2n) is 4.41. The second-order valence-corrected chi connectivity index (χ2v) is 4.41. The van der Waals surface area contributed by atoms with E-state index in [-0.39, 0.29) is 0 Å². The molecule has 0 radical (unpaired) electrons. The molecule has 0 aromatic heterocycles. The molecular formula is C10H17NO. The molecule has 2 fully saturated rings. The smallest absolute Gasteiger partial charge is 0.120 e. The van der Waals surface area contributed by atoms with Crippen molar-refractivity contribution in [2.24, 2.45) is 23.0 Å². The molecule has 0 unspecified atom stereocenters. The molecule has 68 valence electrons. The lowest BCUT2D eigenvalue weighted by molar-refractivity contribution is -0.109. The van der Waals surface area contributed by atoms with E-state index in [0.29, 0.717) is 11.3 Å². The fourth-order valence-electron chi connectivity index (χ4n) is 2.43. The molecule has 1 atom stereocenters. The van der Waals surface area contributed by atoms with Crippen molar-refractivity contribution < 1.29 is 4.79 Å². The normalized spacial score (nSPS) is 28.1. The van der Waals surface area contributed by atoms with Crippen LogP contribution in [0.4, 0.5) is 0 Å². The van der Waals surface area contributed by atoms with E-state index in [1.165, 1.54) is 25.7 Å². The predicted octanol–water partition coefficient (Wildman–Crippen LogP) is 1.34. The van der Waals surface area contributed by atoms with Crippen LogP contribution in [0.15, 0.2) is 0 Å². The molecule has 0 bridgehead atoms. The fourth-order valence-corrected chi connectivity index (χ4v) is 2.43. The molecule has 0 aromatic carbocycles. The zero-order valence-electron chi connectivity index (χ0n) is 7.46. The van der Waals surface area contributed by atoms with Crippen molar-refractivity contribution in [3.05, 3.63) is 0 Å². The van der Waals surface area contributed by atoms with Gasteiger partial charge in [0.1, 0.15) is 6.29 Å². The SMILES string of the molecule is NCC1([C@H](CC=O)C2CC2)CC1. The van der Waals surface area contributed by atoms with Gasteiger partial charge >= 0.3 is 0 Å². The van der Waals surface area contributed by atoms with Crippen LogP contribution in [0.2, 0.25) is 0 Å². The minimum atomic E-state index is 0.391. The molecule has 0 spiro atoms. The highest BCUT2D eigenvalue weighted by Gasteiger charge is 2.52.